The normalized spacial score (nSPS) is 18.8. The molecule has 0 radical (unpaired) electrons. The number of hydrogen-bond acceptors (Lipinski definition) is 5. The fraction of sp³-hybridized carbons (Fsp3) is 0.583. The SMILES string of the molecule is NNc1cnc(C(=O)NC(C2CC2)C2CC2)cn1. The van der Waals surface area contributed by atoms with Gasteiger partial charge < -0.3 is 10.7 Å². The zero-order valence-corrected chi connectivity index (χ0v) is 10.1. The highest BCUT2D eigenvalue weighted by atomic mass is 16.2. The summed E-state index contributed by atoms with van der Waals surface area (Å²) in [6, 6.07) is 0.339. The van der Waals surface area contributed by atoms with Crippen molar-refractivity contribution in [2.24, 2.45) is 17.7 Å². The van der Waals surface area contributed by atoms with Crippen LogP contribution in [0.1, 0.15) is 36.2 Å². The Labute approximate surface area is 105 Å². The monoisotopic (exact) mass is 247 g/mol. The number of hydrogen-bond donors (Lipinski definition) is 3. The second-order valence-electron chi connectivity index (χ2n) is 5.11. The molecule has 4 N–H and O–H groups in total. The Morgan fingerprint density at radius 3 is 2.33 bits per heavy atom. The van der Waals surface area contributed by atoms with E-state index in [-0.39, 0.29) is 5.91 Å². The van der Waals surface area contributed by atoms with Crippen LogP contribution in [0.5, 0.6) is 0 Å². The van der Waals surface area contributed by atoms with E-state index in [1.807, 2.05) is 0 Å². The molecule has 96 valence electrons. The van der Waals surface area contributed by atoms with Gasteiger partial charge in [-0.15, -0.1) is 0 Å². The van der Waals surface area contributed by atoms with Crippen LogP contribution in [-0.2, 0) is 0 Å². The highest BCUT2D eigenvalue weighted by Crippen LogP contribution is 2.44. The minimum Gasteiger partial charge on any atom is -0.347 e. The van der Waals surface area contributed by atoms with Gasteiger partial charge in [-0.3, -0.25) is 4.79 Å². The molecule has 0 aromatic carbocycles. The molecule has 0 spiro atoms. The van der Waals surface area contributed by atoms with E-state index in [2.05, 4.69) is 20.7 Å². The van der Waals surface area contributed by atoms with Crippen molar-refractivity contribution in [2.45, 2.75) is 31.7 Å². The van der Waals surface area contributed by atoms with Gasteiger partial charge in [0, 0.05) is 6.04 Å². The fourth-order valence-electron chi connectivity index (χ4n) is 2.28. The van der Waals surface area contributed by atoms with Crippen LogP contribution in [0, 0.1) is 11.8 Å². The maximum Gasteiger partial charge on any atom is 0.271 e. The second kappa shape index (κ2) is 4.53. The van der Waals surface area contributed by atoms with Crippen LogP contribution in [-0.4, -0.2) is 21.9 Å². The highest BCUT2D eigenvalue weighted by molar-refractivity contribution is 5.92. The minimum atomic E-state index is -0.130. The molecule has 0 saturated heterocycles. The molecule has 1 aromatic rings. The van der Waals surface area contributed by atoms with Crippen molar-refractivity contribution in [3.8, 4) is 0 Å². The zero-order valence-electron chi connectivity index (χ0n) is 10.1. The molecular weight excluding hydrogens is 230 g/mol. The van der Waals surface area contributed by atoms with Crippen LogP contribution in [0.3, 0.4) is 0 Å². The lowest BCUT2D eigenvalue weighted by atomic mass is 10.1. The molecule has 1 aromatic heterocycles. The molecule has 18 heavy (non-hydrogen) atoms. The Hall–Kier alpha value is -1.69. The van der Waals surface area contributed by atoms with Crippen molar-refractivity contribution < 1.29 is 4.79 Å². The van der Waals surface area contributed by atoms with E-state index in [4.69, 9.17) is 5.84 Å². The van der Waals surface area contributed by atoms with E-state index in [9.17, 15) is 4.79 Å². The van der Waals surface area contributed by atoms with Gasteiger partial charge in [0.1, 0.15) is 5.69 Å². The number of nitrogens with one attached hydrogen (secondary N) is 2. The highest BCUT2D eigenvalue weighted by Gasteiger charge is 2.42. The first-order chi connectivity index (χ1) is 8.78. The van der Waals surface area contributed by atoms with Crippen LogP contribution in [0.15, 0.2) is 12.4 Å². The van der Waals surface area contributed by atoms with Crippen LogP contribution in [0.2, 0.25) is 0 Å². The first kappa shape index (κ1) is 11.4. The number of amides is 1. The third kappa shape index (κ3) is 2.43. The minimum absolute atomic E-state index is 0.130. The number of nitrogens with two attached hydrogens (primary N) is 1. The predicted octanol–water partition coefficient (Wildman–Crippen LogP) is 0.681. The third-order valence-corrected chi connectivity index (χ3v) is 3.59. The summed E-state index contributed by atoms with van der Waals surface area (Å²) in [6.45, 7) is 0. The van der Waals surface area contributed by atoms with Gasteiger partial charge in [-0.05, 0) is 37.5 Å². The lowest BCUT2D eigenvalue weighted by Gasteiger charge is -2.17. The largest absolute Gasteiger partial charge is 0.347 e. The van der Waals surface area contributed by atoms with E-state index in [1.165, 1.54) is 38.1 Å². The Bertz CT molecular complexity index is 426. The Kier molecular flexibility index (Phi) is 2.87. The molecule has 0 unspecified atom stereocenters. The van der Waals surface area contributed by atoms with Gasteiger partial charge in [-0.2, -0.15) is 0 Å². The molecule has 2 saturated carbocycles. The van der Waals surface area contributed by atoms with Gasteiger partial charge in [0.15, 0.2) is 5.82 Å². The molecule has 6 nitrogen and oxygen atoms in total. The molecule has 2 fully saturated rings. The van der Waals surface area contributed by atoms with E-state index in [1.54, 1.807) is 0 Å². The van der Waals surface area contributed by atoms with E-state index < -0.39 is 0 Å². The van der Waals surface area contributed by atoms with Gasteiger partial charge in [0.05, 0.1) is 12.4 Å². The topological polar surface area (TPSA) is 92.9 Å². The predicted molar refractivity (Wildman–Crippen MR) is 66.5 cm³/mol. The van der Waals surface area contributed by atoms with Crippen molar-refractivity contribution in [2.75, 3.05) is 5.43 Å². The van der Waals surface area contributed by atoms with Crippen molar-refractivity contribution >= 4 is 11.7 Å². The fourth-order valence-corrected chi connectivity index (χ4v) is 2.28. The number of carbonyl (C=O) groups is 1. The third-order valence-electron chi connectivity index (χ3n) is 3.59. The van der Waals surface area contributed by atoms with E-state index in [0.29, 0.717) is 29.4 Å². The second-order valence-corrected chi connectivity index (χ2v) is 5.11. The smallest absolute Gasteiger partial charge is 0.271 e. The molecule has 2 aliphatic carbocycles. The summed E-state index contributed by atoms with van der Waals surface area (Å²) in [7, 11) is 0. The van der Waals surface area contributed by atoms with Gasteiger partial charge >= 0.3 is 0 Å². The zero-order chi connectivity index (χ0) is 12.5. The quantitative estimate of drug-likeness (QED) is 0.525. The van der Waals surface area contributed by atoms with Crippen LogP contribution >= 0.6 is 0 Å². The Balaban J connectivity index is 1.65. The van der Waals surface area contributed by atoms with Gasteiger partial charge in [-0.25, -0.2) is 15.8 Å². The molecule has 1 amide bonds. The standard InChI is InChI=1S/C12H17N5O/c13-17-10-6-14-9(5-15-10)12(18)16-11(7-1-2-7)8-3-4-8/h5-8,11H,1-4,13H2,(H,15,17)(H,16,18). The van der Waals surface area contributed by atoms with Crippen LogP contribution in [0.4, 0.5) is 5.82 Å². The summed E-state index contributed by atoms with van der Waals surface area (Å²) < 4.78 is 0. The van der Waals surface area contributed by atoms with Crippen LogP contribution < -0.4 is 16.6 Å². The number of nitrogen functional groups attached to an aromatic ring is 1. The van der Waals surface area contributed by atoms with Crippen molar-refractivity contribution in [1.29, 1.82) is 0 Å². The summed E-state index contributed by atoms with van der Waals surface area (Å²) in [6.07, 6.45) is 7.86. The number of rotatable bonds is 5. The summed E-state index contributed by atoms with van der Waals surface area (Å²) >= 11 is 0. The van der Waals surface area contributed by atoms with Crippen molar-refractivity contribution in [3.05, 3.63) is 18.1 Å². The van der Waals surface area contributed by atoms with Gasteiger partial charge in [0.2, 0.25) is 0 Å². The van der Waals surface area contributed by atoms with Crippen molar-refractivity contribution in [3.63, 3.8) is 0 Å². The maximum absolute atomic E-state index is 12.1. The van der Waals surface area contributed by atoms with E-state index >= 15 is 0 Å². The summed E-state index contributed by atoms with van der Waals surface area (Å²) in [5.74, 6) is 6.88. The average Bonchev–Trinajstić information content (AvgIpc) is 3.29. The lowest BCUT2D eigenvalue weighted by Crippen LogP contribution is -2.38. The molecule has 0 atom stereocenters. The molecule has 6 heteroatoms. The number of hydrazine groups is 1. The summed E-state index contributed by atoms with van der Waals surface area (Å²) in [5.41, 5.74) is 2.73. The molecule has 3 rings (SSSR count). The molecular formula is C12H17N5O. The molecule has 1 heterocycles. The maximum atomic E-state index is 12.1. The molecule has 0 aliphatic heterocycles. The number of carbonyl (C=O) groups excluding carboxylic acids is 1. The van der Waals surface area contributed by atoms with Gasteiger partial charge in [-0.1, -0.05) is 0 Å². The summed E-state index contributed by atoms with van der Waals surface area (Å²) in [4.78, 5) is 20.1. The number of aromatic nitrogens is 2. The van der Waals surface area contributed by atoms with Crippen LogP contribution in [0.25, 0.3) is 0 Å². The number of nitrogens with zero attached hydrogens (tertiary/aromatic N) is 2. The average molecular weight is 247 g/mol. The lowest BCUT2D eigenvalue weighted by molar-refractivity contribution is 0.0921. The number of anilines is 1. The first-order valence-corrected chi connectivity index (χ1v) is 6.37. The summed E-state index contributed by atoms with van der Waals surface area (Å²) in [5, 5.41) is 3.10. The first-order valence-electron chi connectivity index (χ1n) is 6.37. The molecule has 2 aliphatic rings. The van der Waals surface area contributed by atoms with Crippen molar-refractivity contribution in [1.82, 2.24) is 15.3 Å². The Morgan fingerprint density at radius 1 is 1.22 bits per heavy atom. The van der Waals surface area contributed by atoms with Gasteiger partial charge in [0.25, 0.3) is 5.91 Å². The molecule has 0 bridgehead atoms. The Morgan fingerprint density at radius 2 is 1.89 bits per heavy atom. The van der Waals surface area contributed by atoms with E-state index in [0.717, 1.165) is 0 Å².